The number of likely N-dealkylation sites (N-methyl/N-ethyl adjacent to an activating group) is 1. The van der Waals surface area contributed by atoms with E-state index in [-0.39, 0.29) is 5.91 Å². The Hall–Kier alpha value is -0.260. The van der Waals surface area contributed by atoms with E-state index in [2.05, 4.69) is 17.3 Å². The largest absolute Gasteiger partial charge is 0.339 e. The number of carbonyl (C=O) groups excluding carboxylic acids is 1. The summed E-state index contributed by atoms with van der Waals surface area (Å²) in [6, 6.07) is 0.546. The van der Waals surface area contributed by atoms with Crippen molar-refractivity contribution in [3.8, 4) is 0 Å². The van der Waals surface area contributed by atoms with Crippen LogP contribution in [0.2, 0.25) is 0 Å². The summed E-state index contributed by atoms with van der Waals surface area (Å²) >= 11 is 2.00. The van der Waals surface area contributed by atoms with Crippen LogP contribution in [0.25, 0.3) is 0 Å². The fraction of sp³-hybridized carbons (Fsp3) is 0.917. The van der Waals surface area contributed by atoms with E-state index in [1.807, 2.05) is 16.7 Å². The average Bonchev–Trinajstić information content (AvgIpc) is 2.38. The molecule has 1 amide bonds. The van der Waals surface area contributed by atoms with Gasteiger partial charge in [0.15, 0.2) is 0 Å². The normalized spacial score (nSPS) is 27.1. The Morgan fingerprint density at radius 1 is 1.35 bits per heavy atom. The van der Waals surface area contributed by atoms with Gasteiger partial charge in [0.2, 0.25) is 5.91 Å². The summed E-state index contributed by atoms with van der Waals surface area (Å²) in [6.07, 6.45) is 2.51. The summed E-state index contributed by atoms with van der Waals surface area (Å²) in [7, 11) is 2.11. The first kappa shape index (κ1) is 13.2. The van der Waals surface area contributed by atoms with Gasteiger partial charge in [-0.05, 0) is 25.6 Å². The second-order valence-corrected chi connectivity index (χ2v) is 6.13. The number of piperazine rings is 1. The summed E-state index contributed by atoms with van der Waals surface area (Å²) in [5.74, 6) is 2.72. The van der Waals surface area contributed by atoms with Crippen LogP contribution in [0, 0.1) is 0 Å². The molecule has 2 aliphatic rings. The van der Waals surface area contributed by atoms with Crippen LogP contribution in [-0.2, 0) is 4.79 Å². The molecular weight excluding hydrogens is 234 g/mol. The highest BCUT2D eigenvalue weighted by molar-refractivity contribution is 7.99. The standard InChI is InChI=1S/C12H23N3OS/c1-14-4-6-15(7-5-14)12(16)9-13-11-3-2-8-17-10-11/h11,13H,2-10H2,1H3. The monoisotopic (exact) mass is 257 g/mol. The number of rotatable bonds is 3. The Bertz CT molecular complexity index is 248. The molecule has 0 bridgehead atoms. The first-order valence-electron chi connectivity index (χ1n) is 6.53. The molecule has 2 saturated heterocycles. The molecule has 2 aliphatic heterocycles. The minimum absolute atomic E-state index is 0.272. The lowest BCUT2D eigenvalue weighted by Crippen LogP contribution is -2.50. The van der Waals surface area contributed by atoms with Crippen LogP contribution in [0.15, 0.2) is 0 Å². The molecule has 5 heteroatoms. The van der Waals surface area contributed by atoms with Crippen LogP contribution in [0.5, 0.6) is 0 Å². The molecule has 0 aliphatic carbocycles. The van der Waals surface area contributed by atoms with Crippen molar-refractivity contribution in [1.82, 2.24) is 15.1 Å². The van der Waals surface area contributed by atoms with E-state index < -0.39 is 0 Å². The third-order valence-electron chi connectivity index (χ3n) is 3.56. The van der Waals surface area contributed by atoms with Crippen molar-refractivity contribution in [3.05, 3.63) is 0 Å². The molecule has 17 heavy (non-hydrogen) atoms. The van der Waals surface area contributed by atoms with Gasteiger partial charge in [0.25, 0.3) is 0 Å². The Morgan fingerprint density at radius 3 is 2.76 bits per heavy atom. The lowest BCUT2D eigenvalue weighted by atomic mass is 10.2. The van der Waals surface area contributed by atoms with E-state index in [1.54, 1.807) is 0 Å². The summed E-state index contributed by atoms with van der Waals surface area (Å²) in [6.45, 7) is 4.30. The molecule has 0 aromatic carbocycles. The number of amides is 1. The number of nitrogens with zero attached hydrogens (tertiary/aromatic N) is 2. The van der Waals surface area contributed by atoms with Gasteiger partial charge in [0.05, 0.1) is 6.54 Å². The van der Waals surface area contributed by atoms with Gasteiger partial charge in [-0.15, -0.1) is 0 Å². The van der Waals surface area contributed by atoms with Crippen molar-refractivity contribution in [2.45, 2.75) is 18.9 Å². The average molecular weight is 257 g/mol. The maximum Gasteiger partial charge on any atom is 0.236 e. The minimum Gasteiger partial charge on any atom is -0.339 e. The van der Waals surface area contributed by atoms with Crippen molar-refractivity contribution in [2.24, 2.45) is 0 Å². The van der Waals surface area contributed by atoms with Crippen LogP contribution in [0.3, 0.4) is 0 Å². The maximum atomic E-state index is 12.0. The third kappa shape index (κ3) is 4.16. The fourth-order valence-electron chi connectivity index (χ4n) is 2.30. The molecule has 0 aromatic heterocycles. The Kier molecular flexibility index (Phi) is 5.13. The zero-order chi connectivity index (χ0) is 12.1. The van der Waals surface area contributed by atoms with Crippen LogP contribution in [-0.4, -0.2) is 73.0 Å². The van der Waals surface area contributed by atoms with E-state index >= 15 is 0 Å². The first-order chi connectivity index (χ1) is 8.25. The molecule has 0 aromatic rings. The molecule has 4 nitrogen and oxygen atoms in total. The molecule has 2 fully saturated rings. The number of hydrogen-bond acceptors (Lipinski definition) is 4. The number of thioether (sulfide) groups is 1. The van der Waals surface area contributed by atoms with Crippen LogP contribution < -0.4 is 5.32 Å². The van der Waals surface area contributed by atoms with E-state index in [0.717, 1.165) is 31.9 Å². The van der Waals surface area contributed by atoms with E-state index in [0.29, 0.717) is 12.6 Å². The molecule has 98 valence electrons. The molecule has 0 saturated carbocycles. The number of hydrogen-bond donors (Lipinski definition) is 1. The van der Waals surface area contributed by atoms with Gasteiger partial charge in [0, 0.05) is 38.0 Å². The van der Waals surface area contributed by atoms with Gasteiger partial charge in [0.1, 0.15) is 0 Å². The lowest BCUT2D eigenvalue weighted by molar-refractivity contribution is -0.131. The zero-order valence-corrected chi connectivity index (χ0v) is 11.5. The smallest absolute Gasteiger partial charge is 0.236 e. The van der Waals surface area contributed by atoms with Crippen LogP contribution in [0.4, 0.5) is 0 Å². The maximum absolute atomic E-state index is 12.0. The van der Waals surface area contributed by atoms with Gasteiger partial charge < -0.3 is 15.1 Å². The van der Waals surface area contributed by atoms with E-state index in [1.165, 1.54) is 18.6 Å². The highest BCUT2D eigenvalue weighted by atomic mass is 32.2. The van der Waals surface area contributed by atoms with Crippen LogP contribution in [0.1, 0.15) is 12.8 Å². The van der Waals surface area contributed by atoms with Gasteiger partial charge in [-0.2, -0.15) is 11.8 Å². The molecule has 0 radical (unpaired) electrons. The van der Waals surface area contributed by atoms with Crippen molar-refractivity contribution in [1.29, 1.82) is 0 Å². The molecule has 2 heterocycles. The predicted molar refractivity (Wildman–Crippen MR) is 72.4 cm³/mol. The second kappa shape index (κ2) is 6.61. The summed E-state index contributed by atoms with van der Waals surface area (Å²) < 4.78 is 0. The lowest BCUT2D eigenvalue weighted by Gasteiger charge is -2.33. The predicted octanol–water partition coefficient (Wildman–Crippen LogP) is 0.246. The second-order valence-electron chi connectivity index (χ2n) is 4.98. The van der Waals surface area contributed by atoms with Gasteiger partial charge >= 0.3 is 0 Å². The number of nitrogens with one attached hydrogen (secondary N) is 1. The molecule has 2 rings (SSSR count). The van der Waals surface area contributed by atoms with E-state index in [9.17, 15) is 4.79 Å². The van der Waals surface area contributed by atoms with Crippen molar-refractivity contribution in [3.63, 3.8) is 0 Å². The highest BCUT2D eigenvalue weighted by Crippen LogP contribution is 2.16. The SMILES string of the molecule is CN1CCN(C(=O)CNC2CCCSC2)CC1. The molecule has 0 spiro atoms. The Morgan fingerprint density at radius 2 is 2.12 bits per heavy atom. The zero-order valence-electron chi connectivity index (χ0n) is 10.7. The molecule has 1 atom stereocenters. The first-order valence-corrected chi connectivity index (χ1v) is 7.68. The minimum atomic E-state index is 0.272. The van der Waals surface area contributed by atoms with Crippen molar-refractivity contribution < 1.29 is 4.79 Å². The van der Waals surface area contributed by atoms with Crippen molar-refractivity contribution in [2.75, 3.05) is 51.3 Å². The van der Waals surface area contributed by atoms with Gasteiger partial charge in [-0.25, -0.2) is 0 Å². The van der Waals surface area contributed by atoms with E-state index in [4.69, 9.17) is 0 Å². The van der Waals surface area contributed by atoms with Gasteiger partial charge in [-0.3, -0.25) is 4.79 Å². The molecular formula is C12H23N3OS. The van der Waals surface area contributed by atoms with Crippen LogP contribution >= 0.6 is 11.8 Å². The van der Waals surface area contributed by atoms with Gasteiger partial charge in [-0.1, -0.05) is 0 Å². The highest BCUT2D eigenvalue weighted by Gasteiger charge is 2.20. The van der Waals surface area contributed by atoms with Crippen molar-refractivity contribution >= 4 is 17.7 Å². The molecule has 1 N–H and O–H groups in total. The Balaban J connectivity index is 1.66. The Labute approximate surface area is 108 Å². The summed E-state index contributed by atoms with van der Waals surface area (Å²) in [5.41, 5.74) is 0. The summed E-state index contributed by atoms with van der Waals surface area (Å²) in [4.78, 5) is 16.2. The molecule has 1 unspecified atom stereocenters. The number of carbonyl (C=O) groups is 1. The topological polar surface area (TPSA) is 35.6 Å². The third-order valence-corrected chi connectivity index (χ3v) is 4.77. The fourth-order valence-corrected chi connectivity index (χ4v) is 3.41. The quantitative estimate of drug-likeness (QED) is 0.786. The summed E-state index contributed by atoms with van der Waals surface area (Å²) in [5, 5.41) is 3.40.